The fraction of sp³-hybridized carbons (Fsp3) is 1.00. The zero-order chi connectivity index (χ0) is 13.4. The lowest BCUT2D eigenvalue weighted by Gasteiger charge is -2.60. The molecule has 5 saturated carbocycles. The molecule has 1 N–H and O–H groups in total. The molecule has 2 atom stereocenters. The highest BCUT2D eigenvalue weighted by molar-refractivity contribution is 5.11. The third kappa shape index (κ3) is 1.51. The first-order valence-corrected chi connectivity index (χ1v) is 8.41. The predicted octanol–water partition coefficient (Wildman–Crippen LogP) is 2.89. The maximum Gasteiger partial charge on any atom is 0.210 e. The van der Waals surface area contributed by atoms with Crippen LogP contribution in [0.3, 0.4) is 0 Å². The molecule has 0 aromatic rings. The van der Waals surface area contributed by atoms with Crippen molar-refractivity contribution >= 4 is 0 Å². The van der Waals surface area contributed by atoms with E-state index in [1.54, 1.807) is 0 Å². The summed E-state index contributed by atoms with van der Waals surface area (Å²) in [5.74, 6) is 0.287. The fourth-order valence-electron chi connectivity index (χ4n) is 5.93. The molecule has 1 aliphatic heterocycles. The first-order valence-electron chi connectivity index (χ1n) is 8.41. The second-order valence-electron chi connectivity index (χ2n) is 8.03. The Labute approximate surface area is 119 Å². The molecule has 2 spiro atoms. The van der Waals surface area contributed by atoms with Crippen molar-refractivity contribution in [3.05, 3.63) is 0 Å². The summed E-state index contributed by atoms with van der Waals surface area (Å²) in [7, 11) is 0. The molecule has 4 bridgehead atoms. The predicted molar refractivity (Wildman–Crippen MR) is 70.3 cm³/mol. The summed E-state index contributed by atoms with van der Waals surface area (Å²) in [6.07, 6.45) is 10.5. The molecule has 2 unspecified atom stereocenters. The summed E-state index contributed by atoms with van der Waals surface area (Å²) in [5.41, 5.74) is -0.448. The van der Waals surface area contributed by atoms with Crippen LogP contribution in [0.15, 0.2) is 0 Å². The van der Waals surface area contributed by atoms with Crippen molar-refractivity contribution < 1.29 is 19.6 Å². The molecule has 1 heterocycles. The molecule has 1 saturated heterocycles. The number of aliphatic hydroxyl groups is 1. The van der Waals surface area contributed by atoms with E-state index in [2.05, 4.69) is 0 Å². The van der Waals surface area contributed by atoms with Gasteiger partial charge in [-0.05, 0) is 50.9 Å². The molecule has 0 radical (unpaired) electrons. The Morgan fingerprint density at radius 2 is 1.55 bits per heavy atom. The van der Waals surface area contributed by atoms with Crippen molar-refractivity contribution in [2.75, 3.05) is 0 Å². The van der Waals surface area contributed by atoms with Crippen molar-refractivity contribution in [3.63, 3.8) is 0 Å². The Morgan fingerprint density at radius 3 is 2.20 bits per heavy atom. The van der Waals surface area contributed by atoms with Crippen molar-refractivity contribution in [2.24, 2.45) is 17.8 Å². The van der Waals surface area contributed by atoms with Crippen LogP contribution in [0.5, 0.6) is 0 Å². The van der Waals surface area contributed by atoms with Crippen molar-refractivity contribution in [3.8, 4) is 0 Å². The Bertz CT molecular complexity index is 412. The van der Waals surface area contributed by atoms with Crippen molar-refractivity contribution in [1.29, 1.82) is 0 Å². The van der Waals surface area contributed by atoms with E-state index in [9.17, 15) is 5.11 Å². The minimum absolute atomic E-state index is 0.319. The van der Waals surface area contributed by atoms with Crippen LogP contribution >= 0.6 is 0 Å². The molecule has 4 heteroatoms. The maximum atomic E-state index is 10.7. The van der Waals surface area contributed by atoms with Gasteiger partial charge in [-0.2, -0.15) is 9.78 Å². The molecule has 0 aromatic carbocycles. The van der Waals surface area contributed by atoms with E-state index in [-0.39, 0.29) is 0 Å². The van der Waals surface area contributed by atoms with Crippen molar-refractivity contribution in [2.45, 2.75) is 81.4 Å². The highest BCUT2D eigenvalue weighted by Crippen LogP contribution is 2.64. The second-order valence-corrected chi connectivity index (χ2v) is 8.03. The van der Waals surface area contributed by atoms with E-state index in [0.717, 1.165) is 44.9 Å². The van der Waals surface area contributed by atoms with Crippen LogP contribution in [0.25, 0.3) is 0 Å². The summed E-state index contributed by atoms with van der Waals surface area (Å²) in [5, 5.41) is 10.7. The van der Waals surface area contributed by atoms with Gasteiger partial charge >= 0.3 is 0 Å². The highest BCUT2D eigenvalue weighted by atomic mass is 17.3. The summed E-state index contributed by atoms with van der Waals surface area (Å²) in [6, 6.07) is 0. The van der Waals surface area contributed by atoms with E-state index < -0.39 is 17.2 Å². The Hall–Kier alpha value is -0.160. The van der Waals surface area contributed by atoms with Crippen LogP contribution in [0, 0.1) is 17.8 Å². The molecular formula is C16H24O4. The molecule has 4 nitrogen and oxygen atoms in total. The smallest absolute Gasteiger partial charge is 0.210 e. The van der Waals surface area contributed by atoms with Crippen LogP contribution in [-0.2, 0) is 14.5 Å². The molecule has 0 aromatic heterocycles. The van der Waals surface area contributed by atoms with Crippen LogP contribution < -0.4 is 0 Å². The lowest BCUT2D eigenvalue weighted by molar-refractivity contribution is -0.397. The molecular weight excluding hydrogens is 256 g/mol. The van der Waals surface area contributed by atoms with E-state index in [4.69, 9.17) is 14.5 Å². The number of rotatable bonds is 0. The van der Waals surface area contributed by atoms with Crippen LogP contribution in [0.1, 0.15) is 64.2 Å². The lowest BCUT2D eigenvalue weighted by atomic mass is 9.51. The van der Waals surface area contributed by atoms with Gasteiger partial charge in [-0.25, -0.2) is 0 Å². The molecule has 0 amide bonds. The SMILES string of the molecule is OC12CC3CC(C1)C1(OOC4(CCCCC4)O1)C(C3)C2. The van der Waals surface area contributed by atoms with Gasteiger partial charge in [0.25, 0.3) is 0 Å². The molecule has 112 valence electrons. The standard InChI is InChI=1S/C16H24O4/c17-14-8-11-6-12(9-14)16(13(7-11)10-14)18-15(19-20-16)4-2-1-3-5-15/h11-13,17H,1-10H2. The largest absolute Gasteiger partial charge is 0.390 e. The molecule has 6 fully saturated rings. The number of ether oxygens (including phenoxy) is 1. The zero-order valence-corrected chi connectivity index (χ0v) is 12.0. The van der Waals surface area contributed by atoms with E-state index in [0.29, 0.717) is 17.8 Å². The summed E-state index contributed by atoms with van der Waals surface area (Å²) < 4.78 is 6.54. The van der Waals surface area contributed by atoms with Gasteiger partial charge in [-0.1, -0.05) is 6.42 Å². The van der Waals surface area contributed by atoms with Gasteiger partial charge in [0.05, 0.1) is 5.60 Å². The first-order chi connectivity index (χ1) is 9.62. The van der Waals surface area contributed by atoms with Gasteiger partial charge in [-0.15, -0.1) is 0 Å². The normalized spacial score (nSPS) is 56.0. The molecule has 6 aliphatic rings. The van der Waals surface area contributed by atoms with E-state index in [1.807, 2.05) is 0 Å². The zero-order valence-electron chi connectivity index (χ0n) is 12.0. The Morgan fingerprint density at radius 1 is 0.850 bits per heavy atom. The average molecular weight is 280 g/mol. The van der Waals surface area contributed by atoms with E-state index in [1.165, 1.54) is 19.3 Å². The third-order valence-electron chi connectivity index (χ3n) is 6.58. The number of hydrogen-bond donors (Lipinski definition) is 1. The Balaban J connectivity index is 1.47. The van der Waals surface area contributed by atoms with Gasteiger partial charge in [0.1, 0.15) is 0 Å². The van der Waals surface area contributed by atoms with Crippen LogP contribution in [0.4, 0.5) is 0 Å². The van der Waals surface area contributed by atoms with Gasteiger partial charge < -0.3 is 9.84 Å². The minimum Gasteiger partial charge on any atom is -0.390 e. The third-order valence-corrected chi connectivity index (χ3v) is 6.58. The molecule has 20 heavy (non-hydrogen) atoms. The highest BCUT2D eigenvalue weighted by Gasteiger charge is 2.69. The molecule has 6 rings (SSSR count). The Kier molecular flexibility index (Phi) is 2.34. The van der Waals surface area contributed by atoms with Crippen molar-refractivity contribution in [1.82, 2.24) is 0 Å². The van der Waals surface area contributed by atoms with E-state index >= 15 is 0 Å². The second kappa shape index (κ2) is 3.78. The van der Waals surface area contributed by atoms with Gasteiger partial charge in [-0.3, -0.25) is 0 Å². The summed E-state index contributed by atoms with van der Waals surface area (Å²) in [4.78, 5) is 11.7. The van der Waals surface area contributed by atoms with Gasteiger partial charge in [0, 0.05) is 24.7 Å². The number of hydrogen-bond acceptors (Lipinski definition) is 4. The topological polar surface area (TPSA) is 47.9 Å². The maximum absolute atomic E-state index is 10.7. The van der Waals surface area contributed by atoms with Gasteiger partial charge in [0.2, 0.25) is 11.6 Å². The quantitative estimate of drug-likeness (QED) is 0.693. The monoisotopic (exact) mass is 280 g/mol. The van der Waals surface area contributed by atoms with Crippen LogP contribution in [-0.4, -0.2) is 22.3 Å². The average Bonchev–Trinajstić information content (AvgIpc) is 2.76. The first kappa shape index (κ1) is 12.4. The molecule has 5 aliphatic carbocycles. The minimum atomic E-state index is -0.541. The summed E-state index contributed by atoms with van der Waals surface area (Å²) in [6.45, 7) is 0. The fourth-order valence-corrected chi connectivity index (χ4v) is 5.93. The van der Waals surface area contributed by atoms with Gasteiger partial charge in [0.15, 0.2) is 0 Å². The lowest BCUT2D eigenvalue weighted by Crippen LogP contribution is -2.64. The summed E-state index contributed by atoms with van der Waals surface area (Å²) >= 11 is 0. The van der Waals surface area contributed by atoms with Crippen LogP contribution in [0.2, 0.25) is 0 Å².